The summed E-state index contributed by atoms with van der Waals surface area (Å²) in [6, 6.07) is 16.9. The molecule has 1 fully saturated rings. The van der Waals surface area contributed by atoms with Crippen molar-refractivity contribution >= 4 is 68.8 Å². The highest BCUT2D eigenvalue weighted by Gasteiger charge is 2.48. The Morgan fingerprint density at radius 1 is 1.00 bits per heavy atom. The number of amides is 3. The molecule has 3 amide bonds. The molecule has 0 radical (unpaired) electrons. The molecule has 0 saturated carbocycles. The summed E-state index contributed by atoms with van der Waals surface area (Å²) in [5.74, 6) is 0.470. The lowest BCUT2D eigenvalue weighted by Gasteiger charge is -2.33. The summed E-state index contributed by atoms with van der Waals surface area (Å²) >= 11 is 8.18. The van der Waals surface area contributed by atoms with Crippen LogP contribution in [0.25, 0.3) is 21.8 Å². The number of thioether (sulfide) groups is 1. The largest absolute Gasteiger partial charge is 0.415 e. The minimum atomic E-state index is -0.362. The lowest BCUT2D eigenvalue weighted by molar-refractivity contribution is 0.0810. The van der Waals surface area contributed by atoms with Gasteiger partial charge in [-0.05, 0) is 54.3 Å². The molecule has 10 nitrogen and oxygen atoms in total. The maximum Gasteiger partial charge on any atom is 0.415 e. The smallest absolute Gasteiger partial charge is 0.413 e. The molecule has 8 rings (SSSR count). The second-order valence-corrected chi connectivity index (χ2v) is 13.7. The molecule has 2 unspecified atom stereocenters. The molecule has 4 aliphatic rings. The maximum absolute atomic E-state index is 14.2. The van der Waals surface area contributed by atoms with E-state index in [-0.39, 0.29) is 35.0 Å². The van der Waals surface area contributed by atoms with E-state index >= 15 is 0 Å². The molecule has 3 atom stereocenters. The summed E-state index contributed by atoms with van der Waals surface area (Å²) in [6.45, 7) is 5.16. The third-order valence-electron chi connectivity index (χ3n) is 9.41. The molecular formula is C35H33ClN6O4S. The summed E-state index contributed by atoms with van der Waals surface area (Å²) in [7, 11) is 0. The number of nitrogens with zero attached hydrogens (tertiary/aromatic N) is 2. The van der Waals surface area contributed by atoms with Gasteiger partial charge in [0, 0.05) is 89.7 Å². The molecule has 2 aromatic carbocycles. The lowest BCUT2D eigenvalue weighted by Crippen LogP contribution is -2.47. The predicted molar refractivity (Wildman–Crippen MR) is 184 cm³/mol. The Morgan fingerprint density at radius 3 is 2.57 bits per heavy atom. The van der Waals surface area contributed by atoms with Gasteiger partial charge in [-0.1, -0.05) is 23.8 Å². The maximum atomic E-state index is 14.2. The number of benzene rings is 2. The minimum absolute atomic E-state index is 0.00137. The quantitative estimate of drug-likeness (QED) is 0.192. The predicted octanol–water partition coefficient (Wildman–Crippen LogP) is 6.04. The van der Waals surface area contributed by atoms with E-state index in [0.29, 0.717) is 48.3 Å². The highest BCUT2D eigenvalue weighted by atomic mass is 35.5. The van der Waals surface area contributed by atoms with Gasteiger partial charge < -0.3 is 35.1 Å². The van der Waals surface area contributed by atoms with Gasteiger partial charge in [0.25, 0.3) is 11.8 Å². The second kappa shape index (κ2) is 12.0. The van der Waals surface area contributed by atoms with Gasteiger partial charge in [0.2, 0.25) is 0 Å². The number of alkyl halides is 1. The summed E-state index contributed by atoms with van der Waals surface area (Å²) in [4.78, 5) is 50.3. The SMILES string of the molecule is CC1=CSC2C(OC(=O)N3CCNCC3)=CC3=C(C12)[C@H](CCl)CN3C(=O)c1cc2cc(NC(=O)c3cc4ccccc4[nH]3)ccc2[nH]1. The van der Waals surface area contributed by atoms with E-state index in [1.807, 2.05) is 60.7 Å². The second-order valence-electron chi connectivity index (χ2n) is 12.4. The van der Waals surface area contributed by atoms with Crippen LogP contribution >= 0.6 is 23.4 Å². The van der Waals surface area contributed by atoms with Gasteiger partial charge in [0.15, 0.2) is 0 Å². The van der Waals surface area contributed by atoms with E-state index < -0.39 is 0 Å². The number of anilines is 1. The number of carbonyl (C=O) groups is 3. The van der Waals surface area contributed by atoms with Gasteiger partial charge in [-0.3, -0.25) is 9.59 Å². The Labute approximate surface area is 280 Å². The highest BCUT2D eigenvalue weighted by Crippen LogP contribution is 2.52. The minimum Gasteiger partial charge on any atom is -0.413 e. The lowest BCUT2D eigenvalue weighted by atomic mass is 9.80. The van der Waals surface area contributed by atoms with Crippen molar-refractivity contribution in [2.24, 2.45) is 11.8 Å². The Morgan fingerprint density at radius 2 is 1.77 bits per heavy atom. The average molecular weight is 669 g/mol. The van der Waals surface area contributed by atoms with Gasteiger partial charge >= 0.3 is 6.09 Å². The number of piperazine rings is 1. The number of nitrogens with one attached hydrogen (secondary N) is 4. The van der Waals surface area contributed by atoms with Crippen molar-refractivity contribution in [3.8, 4) is 0 Å². The number of hydrogen-bond donors (Lipinski definition) is 4. The molecule has 0 spiro atoms. The molecular weight excluding hydrogens is 636 g/mol. The van der Waals surface area contributed by atoms with Gasteiger partial charge in [-0.15, -0.1) is 23.4 Å². The number of aromatic nitrogens is 2. The fourth-order valence-corrected chi connectivity index (χ4v) is 8.61. The van der Waals surface area contributed by atoms with Crippen LogP contribution in [0.15, 0.2) is 88.7 Å². The summed E-state index contributed by atoms with van der Waals surface area (Å²) in [5, 5.41) is 10.0. The fraction of sp³-hybridized carbons (Fsp3) is 0.286. The Balaban J connectivity index is 1.06. The van der Waals surface area contributed by atoms with Crippen LogP contribution in [0, 0.1) is 11.8 Å². The number of ether oxygens (including phenoxy) is 1. The number of hydrogen-bond acceptors (Lipinski definition) is 6. The molecule has 12 heteroatoms. The van der Waals surface area contributed by atoms with Crippen LogP contribution in [0.4, 0.5) is 10.5 Å². The third kappa shape index (κ3) is 5.32. The summed E-state index contributed by atoms with van der Waals surface area (Å²) in [5.41, 5.74) is 6.22. The van der Waals surface area contributed by atoms with E-state index in [1.54, 1.807) is 21.6 Å². The highest BCUT2D eigenvalue weighted by molar-refractivity contribution is 8.03. The molecule has 3 aliphatic heterocycles. The molecule has 2 aromatic heterocycles. The van der Waals surface area contributed by atoms with Crippen LogP contribution in [0.2, 0.25) is 0 Å². The molecule has 240 valence electrons. The number of allylic oxidation sites excluding steroid dienone is 2. The number of H-pyrrole nitrogens is 2. The Kier molecular flexibility index (Phi) is 7.62. The van der Waals surface area contributed by atoms with Crippen molar-refractivity contribution in [3.63, 3.8) is 0 Å². The molecule has 1 aliphatic carbocycles. The van der Waals surface area contributed by atoms with Crippen molar-refractivity contribution in [1.82, 2.24) is 25.1 Å². The molecule has 4 N–H and O–H groups in total. The van der Waals surface area contributed by atoms with Gasteiger partial charge in [0.1, 0.15) is 17.1 Å². The zero-order valence-corrected chi connectivity index (χ0v) is 27.2. The van der Waals surface area contributed by atoms with Crippen LogP contribution in [-0.4, -0.2) is 81.5 Å². The van der Waals surface area contributed by atoms with Crippen LogP contribution < -0.4 is 10.6 Å². The van der Waals surface area contributed by atoms with Gasteiger partial charge in [-0.25, -0.2) is 4.79 Å². The van der Waals surface area contributed by atoms with E-state index in [1.165, 1.54) is 5.57 Å². The summed E-state index contributed by atoms with van der Waals surface area (Å²) in [6.07, 6.45) is 1.51. The van der Waals surface area contributed by atoms with Crippen LogP contribution in [0.1, 0.15) is 27.9 Å². The zero-order valence-electron chi connectivity index (χ0n) is 25.6. The first-order valence-electron chi connectivity index (χ1n) is 15.7. The fourth-order valence-electron chi connectivity index (χ4n) is 7.07. The molecule has 0 bridgehead atoms. The van der Waals surface area contributed by atoms with E-state index in [9.17, 15) is 14.4 Å². The van der Waals surface area contributed by atoms with Crippen molar-refractivity contribution in [2.45, 2.75) is 12.2 Å². The molecule has 4 aromatic rings. The van der Waals surface area contributed by atoms with Crippen molar-refractivity contribution in [3.05, 3.63) is 100 Å². The number of fused-ring (bicyclic) bond motifs is 4. The van der Waals surface area contributed by atoms with Crippen molar-refractivity contribution in [2.75, 3.05) is 43.9 Å². The standard InChI is InChI=1S/C35H33ClN6O4S/c1-19-18-47-32-29(46-35(45)41-10-8-37-9-11-41)15-28-31(30(19)32)22(16-36)17-42(28)34(44)27-14-21-12-23(6-7-25(21)40-27)38-33(43)26-13-20-4-2-3-5-24(20)39-26/h2-7,12-15,18,22,30,32,37,39-40H,8-11,16-17H2,1H3,(H,38,43)/t22-,30?,32?/m1/s1. The van der Waals surface area contributed by atoms with Crippen LogP contribution in [-0.2, 0) is 4.74 Å². The zero-order chi connectivity index (χ0) is 32.2. The monoisotopic (exact) mass is 668 g/mol. The third-order valence-corrected chi connectivity index (χ3v) is 11.1. The Hall–Kier alpha value is -4.45. The topological polar surface area (TPSA) is 123 Å². The van der Waals surface area contributed by atoms with Crippen LogP contribution in [0.3, 0.4) is 0 Å². The summed E-state index contributed by atoms with van der Waals surface area (Å²) < 4.78 is 6.06. The molecule has 47 heavy (non-hydrogen) atoms. The first-order valence-corrected chi connectivity index (χ1v) is 17.2. The van der Waals surface area contributed by atoms with E-state index in [0.717, 1.165) is 46.2 Å². The first kappa shape index (κ1) is 29.9. The number of halogens is 1. The first-order chi connectivity index (χ1) is 22.9. The molecule has 1 saturated heterocycles. The van der Waals surface area contributed by atoms with Crippen molar-refractivity contribution < 1.29 is 19.1 Å². The normalized spacial score (nSPS) is 22.3. The number of aromatic amines is 2. The van der Waals surface area contributed by atoms with Crippen molar-refractivity contribution in [1.29, 1.82) is 0 Å². The number of para-hydroxylation sites is 1. The number of carbonyl (C=O) groups excluding carboxylic acids is 3. The number of rotatable bonds is 5. The van der Waals surface area contributed by atoms with Crippen LogP contribution in [0.5, 0.6) is 0 Å². The van der Waals surface area contributed by atoms with E-state index in [2.05, 4.69) is 32.9 Å². The Bertz CT molecular complexity index is 2010. The van der Waals surface area contributed by atoms with Gasteiger partial charge in [0.05, 0.1) is 5.25 Å². The molecule has 5 heterocycles. The van der Waals surface area contributed by atoms with Gasteiger partial charge in [-0.2, -0.15) is 0 Å². The van der Waals surface area contributed by atoms with E-state index in [4.69, 9.17) is 16.3 Å². The average Bonchev–Trinajstić information content (AvgIpc) is 3.88.